The maximum atomic E-state index is 13.0. The molecule has 2 N–H and O–H groups in total. The van der Waals surface area contributed by atoms with E-state index in [0.29, 0.717) is 10.6 Å². The van der Waals surface area contributed by atoms with Crippen LogP contribution >= 0.6 is 11.3 Å². The Bertz CT molecular complexity index is 781. The summed E-state index contributed by atoms with van der Waals surface area (Å²) in [5, 5.41) is 12.9. The Morgan fingerprint density at radius 1 is 1.19 bits per heavy atom. The molecule has 26 heavy (non-hydrogen) atoms. The Kier molecular flexibility index (Phi) is 5.18. The van der Waals surface area contributed by atoms with Gasteiger partial charge in [-0.25, -0.2) is 4.79 Å². The zero-order valence-electron chi connectivity index (χ0n) is 15.1. The van der Waals surface area contributed by atoms with Crippen molar-refractivity contribution in [1.29, 1.82) is 0 Å². The number of anilines is 1. The minimum absolute atomic E-state index is 0.0747. The second-order valence-corrected chi connectivity index (χ2v) is 8.10. The van der Waals surface area contributed by atoms with E-state index in [-0.39, 0.29) is 24.3 Å². The monoisotopic (exact) mass is 377 g/mol. The first kappa shape index (κ1) is 18.6. The molecule has 140 valence electrons. The molecule has 0 saturated heterocycles. The molecule has 0 unspecified atom stereocenters. The third-order valence-corrected chi connectivity index (χ3v) is 6.56. The number of carboxylic acid groups (broad SMARTS) is 1. The molecule has 1 saturated carbocycles. The van der Waals surface area contributed by atoms with Crippen LogP contribution in [0.3, 0.4) is 0 Å². The summed E-state index contributed by atoms with van der Waals surface area (Å²) in [5.74, 6) is -3.25. The van der Waals surface area contributed by atoms with Gasteiger partial charge >= 0.3 is 11.9 Å². The SMILES string of the molecule is CCOC(=O)c1c(NC(=O)[C@@H]2[C@@H](C(=O)O)[C@H]3C=C[C@@H]2CC3)sc(C)c1C. The predicted molar refractivity (Wildman–Crippen MR) is 98.3 cm³/mol. The van der Waals surface area contributed by atoms with Crippen molar-refractivity contribution in [3.63, 3.8) is 0 Å². The quantitative estimate of drug-likeness (QED) is 0.606. The highest BCUT2D eigenvalue weighted by Gasteiger charge is 2.48. The van der Waals surface area contributed by atoms with Crippen molar-refractivity contribution in [2.24, 2.45) is 23.7 Å². The third-order valence-electron chi connectivity index (χ3n) is 5.44. The molecule has 4 atom stereocenters. The van der Waals surface area contributed by atoms with Crippen LogP contribution in [0.15, 0.2) is 12.2 Å². The van der Waals surface area contributed by atoms with Crippen LogP contribution in [0.1, 0.15) is 40.6 Å². The number of carbonyl (C=O) groups is 3. The molecular formula is C19H23NO5S. The summed E-state index contributed by atoms with van der Waals surface area (Å²) < 4.78 is 5.11. The summed E-state index contributed by atoms with van der Waals surface area (Å²) in [5.41, 5.74) is 1.15. The molecule has 1 aromatic rings. The fourth-order valence-electron chi connectivity index (χ4n) is 4.05. The lowest BCUT2D eigenvalue weighted by molar-refractivity contribution is -0.151. The molecule has 1 aromatic heterocycles. The Morgan fingerprint density at radius 2 is 1.81 bits per heavy atom. The molecule has 3 aliphatic carbocycles. The number of thiophene rings is 1. The predicted octanol–water partition coefficient (Wildman–Crippen LogP) is 3.39. The smallest absolute Gasteiger partial charge is 0.341 e. The summed E-state index contributed by atoms with van der Waals surface area (Å²) in [6, 6.07) is 0. The Hall–Kier alpha value is -2.15. The number of aryl methyl sites for hydroxylation is 1. The molecule has 1 heterocycles. The average Bonchev–Trinajstić information content (AvgIpc) is 2.89. The van der Waals surface area contributed by atoms with Crippen molar-refractivity contribution < 1.29 is 24.2 Å². The highest BCUT2D eigenvalue weighted by atomic mass is 32.1. The van der Waals surface area contributed by atoms with Crippen LogP contribution < -0.4 is 5.32 Å². The minimum Gasteiger partial charge on any atom is -0.481 e. The fourth-order valence-corrected chi connectivity index (χ4v) is 5.10. The van der Waals surface area contributed by atoms with Crippen LogP contribution in [0, 0.1) is 37.5 Å². The van der Waals surface area contributed by atoms with Gasteiger partial charge in [0.05, 0.1) is 24.0 Å². The van der Waals surface area contributed by atoms with E-state index in [1.54, 1.807) is 6.92 Å². The van der Waals surface area contributed by atoms with Gasteiger partial charge in [-0.2, -0.15) is 0 Å². The molecule has 1 fully saturated rings. The van der Waals surface area contributed by atoms with Crippen LogP contribution in [0.2, 0.25) is 0 Å². The highest BCUT2D eigenvalue weighted by Crippen LogP contribution is 2.46. The van der Waals surface area contributed by atoms with Crippen LogP contribution in [0.4, 0.5) is 5.00 Å². The van der Waals surface area contributed by atoms with Gasteiger partial charge in [0.25, 0.3) is 0 Å². The van der Waals surface area contributed by atoms with E-state index in [4.69, 9.17) is 4.74 Å². The number of ether oxygens (including phenoxy) is 1. The van der Waals surface area contributed by atoms with E-state index in [9.17, 15) is 19.5 Å². The van der Waals surface area contributed by atoms with Gasteiger partial charge in [-0.1, -0.05) is 12.2 Å². The molecule has 1 amide bonds. The van der Waals surface area contributed by atoms with Crippen LogP contribution in [0.25, 0.3) is 0 Å². The maximum absolute atomic E-state index is 13.0. The zero-order valence-corrected chi connectivity index (χ0v) is 15.9. The second-order valence-electron chi connectivity index (χ2n) is 6.88. The van der Waals surface area contributed by atoms with Crippen LogP contribution in [0.5, 0.6) is 0 Å². The van der Waals surface area contributed by atoms with Gasteiger partial charge in [0, 0.05) is 4.88 Å². The van der Waals surface area contributed by atoms with Gasteiger partial charge in [-0.15, -0.1) is 11.3 Å². The number of fused-ring (bicyclic) bond motifs is 2. The van der Waals surface area contributed by atoms with Gasteiger partial charge in [0.2, 0.25) is 5.91 Å². The number of rotatable bonds is 5. The number of hydrogen-bond donors (Lipinski definition) is 2. The number of nitrogens with one attached hydrogen (secondary N) is 1. The highest BCUT2D eigenvalue weighted by molar-refractivity contribution is 7.16. The van der Waals surface area contributed by atoms with Crippen LogP contribution in [-0.2, 0) is 14.3 Å². The summed E-state index contributed by atoms with van der Waals surface area (Å²) in [7, 11) is 0. The Morgan fingerprint density at radius 3 is 2.35 bits per heavy atom. The summed E-state index contributed by atoms with van der Waals surface area (Å²) in [4.78, 5) is 37.9. The lowest BCUT2D eigenvalue weighted by Crippen LogP contribution is -2.47. The van der Waals surface area contributed by atoms with E-state index in [1.165, 1.54) is 11.3 Å². The molecule has 0 spiro atoms. The molecule has 2 bridgehead atoms. The number of carboxylic acids is 1. The molecule has 6 nitrogen and oxygen atoms in total. The van der Waals surface area contributed by atoms with Gasteiger partial charge in [-0.3, -0.25) is 9.59 Å². The second kappa shape index (κ2) is 7.23. The Labute approximate surface area is 156 Å². The number of hydrogen-bond acceptors (Lipinski definition) is 5. The first-order chi connectivity index (χ1) is 12.3. The topological polar surface area (TPSA) is 92.7 Å². The number of esters is 1. The number of carbonyl (C=O) groups excluding carboxylic acids is 2. The van der Waals surface area contributed by atoms with Crippen molar-refractivity contribution in [3.8, 4) is 0 Å². The largest absolute Gasteiger partial charge is 0.481 e. The fraction of sp³-hybridized carbons (Fsp3) is 0.526. The first-order valence-electron chi connectivity index (χ1n) is 8.84. The van der Waals surface area contributed by atoms with E-state index in [0.717, 1.165) is 23.3 Å². The van der Waals surface area contributed by atoms with E-state index < -0.39 is 23.8 Å². The van der Waals surface area contributed by atoms with Crippen molar-refractivity contribution >= 4 is 34.2 Å². The van der Waals surface area contributed by atoms with E-state index in [1.807, 2.05) is 26.0 Å². The molecule has 0 aromatic carbocycles. The molecule has 3 aliphatic rings. The normalized spacial score (nSPS) is 26.6. The molecule has 0 radical (unpaired) electrons. The van der Waals surface area contributed by atoms with E-state index in [2.05, 4.69) is 5.32 Å². The lowest BCUT2D eigenvalue weighted by atomic mass is 9.62. The molecule has 4 rings (SSSR count). The van der Waals surface area contributed by atoms with Crippen molar-refractivity contribution in [1.82, 2.24) is 0 Å². The summed E-state index contributed by atoms with van der Waals surface area (Å²) in [6.07, 6.45) is 5.51. The molecular weight excluding hydrogens is 354 g/mol. The number of allylic oxidation sites excluding steroid dienone is 2. The average molecular weight is 377 g/mol. The first-order valence-corrected chi connectivity index (χ1v) is 9.65. The minimum atomic E-state index is -0.937. The standard InChI is InChI=1S/C19H23NO5S/c1-4-25-19(24)13-9(2)10(3)26-17(13)20-16(21)14-11-5-7-12(8-6-11)15(14)18(22)23/h5,7,11-12,14-15H,4,6,8H2,1-3H3,(H,20,21)(H,22,23)/t11-,12+,14+,15+/m1/s1. The third kappa shape index (κ3) is 3.16. The summed E-state index contributed by atoms with van der Waals surface area (Å²) >= 11 is 1.32. The Balaban J connectivity index is 1.88. The van der Waals surface area contributed by atoms with Crippen molar-refractivity contribution in [3.05, 3.63) is 28.2 Å². The molecule has 7 heteroatoms. The van der Waals surface area contributed by atoms with Gasteiger partial charge in [-0.05, 0) is 51.0 Å². The van der Waals surface area contributed by atoms with Gasteiger partial charge < -0.3 is 15.2 Å². The van der Waals surface area contributed by atoms with Crippen LogP contribution in [-0.4, -0.2) is 29.6 Å². The maximum Gasteiger partial charge on any atom is 0.341 e. The van der Waals surface area contributed by atoms with Gasteiger partial charge in [0.1, 0.15) is 5.00 Å². The lowest BCUT2D eigenvalue weighted by Gasteiger charge is -2.41. The van der Waals surface area contributed by atoms with Crippen molar-refractivity contribution in [2.75, 3.05) is 11.9 Å². The summed E-state index contributed by atoms with van der Waals surface area (Å²) in [6.45, 7) is 5.68. The van der Waals surface area contributed by atoms with Gasteiger partial charge in [0.15, 0.2) is 0 Å². The van der Waals surface area contributed by atoms with E-state index >= 15 is 0 Å². The number of amides is 1. The zero-order chi connectivity index (χ0) is 19.0. The molecule has 0 aliphatic heterocycles. The number of aliphatic carboxylic acids is 1. The van der Waals surface area contributed by atoms with Crippen molar-refractivity contribution in [2.45, 2.75) is 33.6 Å².